The first-order valence-corrected chi connectivity index (χ1v) is 10.8. The van der Waals surface area contributed by atoms with E-state index in [0.717, 1.165) is 50.4 Å². The van der Waals surface area contributed by atoms with E-state index >= 15 is 0 Å². The highest BCUT2D eigenvalue weighted by Crippen LogP contribution is 2.40. The fraction of sp³-hybridized carbons (Fsp3) is 0.111. The molecule has 4 rings (SSSR count). The smallest absolute Gasteiger partial charge is 0.328 e. The second-order valence-electron chi connectivity index (χ2n) is 7.89. The molecule has 0 fully saturated rings. The molecule has 0 amide bonds. The van der Waals surface area contributed by atoms with Crippen LogP contribution in [-0.2, 0) is 4.79 Å². The van der Waals surface area contributed by atoms with Gasteiger partial charge in [-0.2, -0.15) is 5.10 Å². The first kappa shape index (κ1) is 21.6. The van der Waals surface area contributed by atoms with E-state index in [-0.39, 0.29) is 5.92 Å². The standard InChI is InChI=1S/C27H23ClN2O2/c1-17(2)26(22-5-3-4-6-23(22)28)27(20-12-13-24-21(15-20)16-29-30-24)19-10-7-18(8-11-19)9-14-25(31)32/h3-17H,1-2H3,(H,29,30)(H,31,32)/b14-9+,27-26+. The minimum absolute atomic E-state index is 0.205. The normalized spacial score (nSPS) is 12.5. The summed E-state index contributed by atoms with van der Waals surface area (Å²) >= 11 is 6.64. The highest BCUT2D eigenvalue weighted by Gasteiger charge is 2.19. The molecule has 3 aromatic carbocycles. The van der Waals surface area contributed by atoms with Crippen molar-refractivity contribution >= 4 is 45.7 Å². The molecule has 2 N–H and O–H groups in total. The van der Waals surface area contributed by atoms with E-state index < -0.39 is 5.97 Å². The Balaban J connectivity index is 1.97. The van der Waals surface area contributed by atoms with Gasteiger partial charge in [-0.15, -0.1) is 0 Å². The van der Waals surface area contributed by atoms with Gasteiger partial charge >= 0.3 is 5.97 Å². The molecule has 4 aromatic rings. The summed E-state index contributed by atoms with van der Waals surface area (Å²) in [6, 6.07) is 22.1. The number of rotatable bonds is 6. The maximum absolute atomic E-state index is 10.9. The number of aliphatic carboxylic acids is 1. The monoisotopic (exact) mass is 442 g/mol. The number of carboxylic acids is 1. The van der Waals surface area contributed by atoms with Gasteiger partial charge in [0.15, 0.2) is 0 Å². The Hall–Kier alpha value is -3.63. The van der Waals surface area contributed by atoms with Crippen LogP contribution in [0.3, 0.4) is 0 Å². The molecule has 0 bridgehead atoms. The number of aromatic nitrogens is 2. The Kier molecular flexibility index (Phi) is 6.24. The summed E-state index contributed by atoms with van der Waals surface area (Å²) in [6.07, 6.45) is 4.55. The van der Waals surface area contributed by atoms with Gasteiger partial charge in [-0.05, 0) is 63.6 Å². The van der Waals surface area contributed by atoms with Gasteiger partial charge in [0.05, 0.1) is 11.7 Å². The average molecular weight is 443 g/mol. The summed E-state index contributed by atoms with van der Waals surface area (Å²) in [5.41, 5.74) is 7.13. The largest absolute Gasteiger partial charge is 0.478 e. The SMILES string of the molecule is CC(C)/C(=C(/c1ccc(/C=C/C(=O)O)cc1)c1ccc2[nH]ncc2c1)c1ccccc1Cl. The number of benzene rings is 3. The van der Waals surface area contributed by atoms with Gasteiger partial charge in [-0.1, -0.05) is 74.0 Å². The Labute approximate surface area is 191 Å². The van der Waals surface area contributed by atoms with E-state index in [4.69, 9.17) is 16.7 Å². The van der Waals surface area contributed by atoms with Crippen molar-refractivity contribution in [3.05, 3.63) is 106 Å². The number of nitrogens with one attached hydrogen (secondary N) is 1. The van der Waals surface area contributed by atoms with Gasteiger partial charge in [0.25, 0.3) is 0 Å². The lowest BCUT2D eigenvalue weighted by Crippen LogP contribution is -2.02. The van der Waals surface area contributed by atoms with Crippen molar-refractivity contribution < 1.29 is 9.90 Å². The number of carbonyl (C=O) groups is 1. The van der Waals surface area contributed by atoms with E-state index in [2.05, 4.69) is 42.2 Å². The minimum atomic E-state index is -0.969. The van der Waals surface area contributed by atoms with E-state index in [1.54, 1.807) is 6.08 Å². The molecule has 32 heavy (non-hydrogen) atoms. The third-order valence-corrected chi connectivity index (χ3v) is 5.69. The maximum atomic E-state index is 10.9. The molecule has 160 valence electrons. The van der Waals surface area contributed by atoms with Crippen LogP contribution in [-0.4, -0.2) is 21.3 Å². The maximum Gasteiger partial charge on any atom is 0.328 e. The summed E-state index contributed by atoms with van der Waals surface area (Å²) in [5, 5.41) is 17.8. The van der Waals surface area contributed by atoms with Gasteiger partial charge in [0.2, 0.25) is 0 Å². The van der Waals surface area contributed by atoms with Gasteiger partial charge in [0, 0.05) is 16.5 Å². The van der Waals surface area contributed by atoms with Crippen LogP contribution in [0.25, 0.3) is 28.1 Å². The molecule has 5 heteroatoms. The van der Waals surface area contributed by atoms with Crippen LogP contribution < -0.4 is 0 Å². The van der Waals surface area contributed by atoms with Crippen LogP contribution in [0.2, 0.25) is 5.02 Å². The zero-order valence-corrected chi connectivity index (χ0v) is 18.6. The molecule has 0 atom stereocenters. The molecule has 0 aliphatic rings. The number of hydrogen-bond acceptors (Lipinski definition) is 2. The Morgan fingerprint density at radius 1 is 1.03 bits per heavy atom. The average Bonchev–Trinajstić information content (AvgIpc) is 3.25. The third-order valence-electron chi connectivity index (χ3n) is 5.36. The number of H-pyrrole nitrogens is 1. The molecule has 1 aromatic heterocycles. The summed E-state index contributed by atoms with van der Waals surface area (Å²) in [6.45, 7) is 4.33. The lowest BCUT2D eigenvalue weighted by molar-refractivity contribution is -0.131. The summed E-state index contributed by atoms with van der Waals surface area (Å²) in [7, 11) is 0. The van der Waals surface area contributed by atoms with Crippen molar-refractivity contribution in [1.29, 1.82) is 0 Å². The number of aromatic amines is 1. The Morgan fingerprint density at radius 2 is 1.75 bits per heavy atom. The van der Waals surface area contributed by atoms with E-state index in [9.17, 15) is 4.79 Å². The highest BCUT2D eigenvalue weighted by molar-refractivity contribution is 6.32. The van der Waals surface area contributed by atoms with Crippen molar-refractivity contribution in [2.24, 2.45) is 5.92 Å². The molecule has 0 saturated carbocycles. The van der Waals surface area contributed by atoms with Crippen molar-refractivity contribution in [3.8, 4) is 0 Å². The quantitative estimate of drug-likeness (QED) is 0.251. The number of carboxylic acid groups (broad SMARTS) is 1. The predicted octanol–water partition coefficient (Wildman–Crippen LogP) is 6.93. The number of allylic oxidation sites excluding steroid dienone is 1. The minimum Gasteiger partial charge on any atom is -0.478 e. The van der Waals surface area contributed by atoms with Crippen LogP contribution in [0.1, 0.15) is 36.1 Å². The molecule has 4 nitrogen and oxygen atoms in total. The van der Waals surface area contributed by atoms with Gasteiger partial charge < -0.3 is 5.11 Å². The first-order valence-electron chi connectivity index (χ1n) is 10.4. The lowest BCUT2D eigenvalue weighted by Gasteiger charge is -2.21. The Bertz CT molecular complexity index is 1330. The number of fused-ring (bicyclic) bond motifs is 1. The molecule has 1 heterocycles. The third kappa shape index (κ3) is 4.51. The van der Waals surface area contributed by atoms with Crippen molar-refractivity contribution in [1.82, 2.24) is 10.2 Å². The zero-order valence-electron chi connectivity index (χ0n) is 17.8. The van der Waals surface area contributed by atoms with Crippen LogP contribution in [0.4, 0.5) is 0 Å². The van der Waals surface area contributed by atoms with Crippen LogP contribution in [0.5, 0.6) is 0 Å². The topological polar surface area (TPSA) is 66.0 Å². The number of halogens is 1. The summed E-state index contributed by atoms with van der Waals surface area (Å²) < 4.78 is 0. The molecule has 0 unspecified atom stereocenters. The second kappa shape index (κ2) is 9.25. The van der Waals surface area contributed by atoms with E-state index in [0.29, 0.717) is 5.02 Å². The molecule has 0 spiro atoms. The van der Waals surface area contributed by atoms with Crippen LogP contribution in [0, 0.1) is 5.92 Å². The highest BCUT2D eigenvalue weighted by atomic mass is 35.5. The van der Waals surface area contributed by atoms with Crippen molar-refractivity contribution in [2.75, 3.05) is 0 Å². The fourth-order valence-electron chi connectivity index (χ4n) is 3.92. The summed E-state index contributed by atoms with van der Waals surface area (Å²) in [4.78, 5) is 10.9. The number of hydrogen-bond donors (Lipinski definition) is 2. The van der Waals surface area contributed by atoms with Crippen molar-refractivity contribution in [2.45, 2.75) is 13.8 Å². The fourth-order valence-corrected chi connectivity index (χ4v) is 4.16. The Morgan fingerprint density at radius 3 is 2.44 bits per heavy atom. The lowest BCUT2D eigenvalue weighted by atomic mass is 9.83. The van der Waals surface area contributed by atoms with Gasteiger partial charge in [0.1, 0.15) is 0 Å². The van der Waals surface area contributed by atoms with Gasteiger partial charge in [-0.25, -0.2) is 4.79 Å². The predicted molar refractivity (Wildman–Crippen MR) is 131 cm³/mol. The van der Waals surface area contributed by atoms with Crippen LogP contribution in [0.15, 0.2) is 79.0 Å². The molecule has 0 radical (unpaired) electrons. The van der Waals surface area contributed by atoms with Crippen LogP contribution >= 0.6 is 11.6 Å². The molecular weight excluding hydrogens is 420 g/mol. The van der Waals surface area contributed by atoms with E-state index in [1.165, 1.54) is 0 Å². The summed E-state index contributed by atoms with van der Waals surface area (Å²) in [5.74, 6) is -0.764. The molecule has 0 aliphatic heterocycles. The molecular formula is C27H23ClN2O2. The van der Waals surface area contributed by atoms with Crippen molar-refractivity contribution in [3.63, 3.8) is 0 Å². The molecule has 0 aliphatic carbocycles. The first-order chi connectivity index (χ1) is 15.4. The number of nitrogens with zero attached hydrogens (tertiary/aromatic N) is 1. The van der Waals surface area contributed by atoms with E-state index in [1.807, 2.05) is 54.7 Å². The zero-order chi connectivity index (χ0) is 22.7. The molecule has 0 saturated heterocycles. The van der Waals surface area contributed by atoms with Gasteiger partial charge in [-0.3, -0.25) is 5.10 Å². The second-order valence-corrected chi connectivity index (χ2v) is 8.30.